The number of rotatable bonds is 4. The molecular weight excluding hydrogens is 268 g/mol. The highest BCUT2D eigenvalue weighted by atomic mass is 35.5. The summed E-state index contributed by atoms with van der Waals surface area (Å²) in [6.07, 6.45) is 3.22. The number of nitrogens with zero attached hydrogens (tertiary/aromatic N) is 2. The molecule has 1 aromatic carbocycles. The molecule has 2 aromatic rings. The van der Waals surface area contributed by atoms with Gasteiger partial charge in [0.05, 0.1) is 17.3 Å². The molecule has 1 heterocycles. The fraction of sp³-hybridized carbons (Fsp3) is 0.0833. The topological polar surface area (TPSA) is 63.8 Å². The standard InChI is InChI=1S/C12H11ClN4S/c13-11-5-8(1-2-10(11)12(14)18)16-6-9-3-4-15-7-17-9/h1-5,7,16H,6H2,(H2,14,18). The van der Waals surface area contributed by atoms with Crippen LogP contribution in [0.5, 0.6) is 0 Å². The smallest absolute Gasteiger partial charge is 0.115 e. The van der Waals surface area contributed by atoms with Gasteiger partial charge in [-0.3, -0.25) is 0 Å². The van der Waals surface area contributed by atoms with Crippen LogP contribution in [-0.4, -0.2) is 15.0 Å². The van der Waals surface area contributed by atoms with Crippen LogP contribution in [0.3, 0.4) is 0 Å². The number of nitrogens with one attached hydrogen (secondary N) is 1. The number of aromatic nitrogens is 2. The maximum absolute atomic E-state index is 6.07. The third kappa shape index (κ3) is 3.15. The molecule has 0 amide bonds. The molecule has 6 heteroatoms. The first kappa shape index (κ1) is 12.7. The van der Waals surface area contributed by atoms with E-state index in [0.29, 0.717) is 22.1 Å². The van der Waals surface area contributed by atoms with E-state index in [1.165, 1.54) is 6.33 Å². The van der Waals surface area contributed by atoms with Gasteiger partial charge in [0.1, 0.15) is 11.3 Å². The normalized spacial score (nSPS) is 10.1. The third-order valence-electron chi connectivity index (χ3n) is 2.35. The highest BCUT2D eigenvalue weighted by Crippen LogP contribution is 2.21. The van der Waals surface area contributed by atoms with Gasteiger partial charge in [0.25, 0.3) is 0 Å². The summed E-state index contributed by atoms with van der Waals surface area (Å²) in [4.78, 5) is 8.27. The van der Waals surface area contributed by atoms with E-state index in [2.05, 4.69) is 15.3 Å². The number of thiocarbonyl (C=S) groups is 1. The van der Waals surface area contributed by atoms with Gasteiger partial charge in [-0.2, -0.15) is 0 Å². The second-order valence-corrected chi connectivity index (χ2v) is 4.46. The van der Waals surface area contributed by atoms with Crippen molar-refractivity contribution >= 4 is 34.5 Å². The van der Waals surface area contributed by atoms with Crippen LogP contribution in [0.2, 0.25) is 5.02 Å². The Hall–Kier alpha value is -1.72. The molecule has 18 heavy (non-hydrogen) atoms. The molecule has 0 radical (unpaired) electrons. The van der Waals surface area contributed by atoms with Crippen molar-refractivity contribution < 1.29 is 0 Å². The number of benzene rings is 1. The number of hydrogen-bond acceptors (Lipinski definition) is 4. The second-order valence-electron chi connectivity index (χ2n) is 3.61. The maximum atomic E-state index is 6.07. The third-order valence-corrected chi connectivity index (χ3v) is 2.88. The molecule has 4 nitrogen and oxygen atoms in total. The van der Waals surface area contributed by atoms with Gasteiger partial charge >= 0.3 is 0 Å². The van der Waals surface area contributed by atoms with E-state index in [1.807, 2.05) is 12.1 Å². The molecule has 0 unspecified atom stereocenters. The molecule has 0 saturated carbocycles. The maximum Gasteiger partial charge on any atom is 0.115 e. The van der Waals surface area contributed by atoms with Crippen molar-refractivity contribution in [2.24, 2.45) is 5.73 Å². The van der Waals surface area contributed by atoms with Crippen LogP contribution < -0.4 is 11.1 Å². The summed E-state index contributed by atoms with van der Waals surface area (Å²) < 4.78 is 0. The van der Waals surface area contributed by atoms with Crippen LogP contribution in [0, 0.1) is 0 Å². The van der Waals surface area contributed by atoms with E-state index in [1.54, 1.807) is 18.3 Å². The Balaban J connectivity index is 2.07. The fourth-order valence-electron chi connectivity index (χ4n) is 1.44. The minimum absolute atomic E-state index is 0.294. The van der Waals surface area contributed by atoms with Crippen LogP contribution in [0.15, 0.2) is 36.8 Å². The Bertz CT molecular complexity index is 559. The van der Waals surface area contributed by atoms with Crippen LogP contribution >= 0.6 is 23.8 Å². The molecule has 0 bridgehead atoms. The summed E-state index contributed by atoms with van der Waals surface area (Å²) in [6, 6.07) is 7.31. The zero-order valence-electron chi connectivity index (χ0n) is 9.43. The van der Waals surface area contributed by atoms with Crippen LogP contribution in [0.4, 0.5) is 5.69 Å². The Morgan fingerprint density at radius 2 is 2.22 bits per heavy atom. The first-order valence-electron chi connectivity index (χ1n) is 5.25. The summed E-state index contributed by atoms with van der Waals surface area (Å²) in [5.74, 6) is 0. The molecule has 0 aliphatic rings. The number of nitrogens with two attached hydrogens (primary N) is 1. The van der Waals surface area contributed by atoms with Crippen molar-refractivity contribution in [1.29, 1.82) is 0 Å². The van der Waals surface area contributed by atoms with E-state index in [4.69, 9.17) is 29.6 Å². The summed E-state index contributed by atoms with van der Waals surface area (Å²) >= 11 is 11.0. The average Bonchev–Trinajstić information content (AvgIpc) is 2.37. The molecular formula is C12H11ClN4S. The Labute approximate surface area is 115 Å². The van der Waals surface area contributed by atoms with Gasteiger partial charge in [-0.15, -0.1) is 0 Å². The van der Waals surface area contributed by atoms with Crippen LogP contribution in [0.1, 0.15) is 11.3 Å². The lowest BCUT2D eigenvalue weighted by Crippen LogP contribution is -2.10. The number of hydrogen-bond donors (Lipinski definition) is 2. The van der Waals surface area contributed by atoms with Crippen LogP contribution in [0.25, 0.3) is 0 Å². The number of anilines is 1. The summed E-state index contributed by atoms with van der Waals surface area (Å²) in [5, 5.41) is 3.75. The van der Waals surface area contributed by atoms with E-state index < -0.39 is 0 Å². The lowest BCUT2D eigenvalue weighted by Gasteiger charge is -2.08. The van der Waals surface area contributed by atoms with Gasteiger partial charge in [0.15, 0.2) is 0 Å². The highest BCUT2D eigenvalue weighted by molar-refractivity contribution is 7.80. The molecule has 0 aliphatic carbocycles. The Morgan fingerprint density at radius 3 is 2.83 bits per heavy atom. The number of halogens is 1. The van der Waals surface area contributed by atoms with Gasteiger partial charge in [-0.1, -0.05) is 23.8 Å². The first-order chi connectivity index (χ1) is 8.66. The zero-order chi connectivity index (χ0) is 13.0. The molecule has 0 atom stereocenters. The quantitative estimate of drug-likeness (QED) is 0.841. The molecule has 1 aromatic heterocycles. The summed E-state index contributed by atoms with van der Waals surface area (Å²) in [6.45, 7) is 0.602. The van der Waals surface area contributed by atoms with Crippen molar-refractivity contribution in [2.45, 2.75) is 6.54 Å². The lowest BCUT2D eigenvalue weighted by atomic mass is 10.2. The van der Waals surface area contributed by atoms with Crippen molar-refractivity contribution in [2.75, 3.05) is 5.32 Å². The molecule has 0 spiro atoms. The Morgan fingerprint density at radius 1 is 1.39 bits per heavy atom. The van der Waals surface area contributed by atoms with Crippen molar-refractivity contribution in [3.63, 3.8) is 0 Å². The van der Waals surface area contributed by atoms with E-state index >= 15 is 0 Å². The molecule has 3 N–H and O–H groups in total. The SMILES string of the molecule is NC(=S)c1ccc(NCc2ccncn2)cc1Cl. The molecule has 2 rings (SSSR count). The van der Waals surface area contributed by atoms with E-state index in [9.17, 15) is 0 Å². The minimum Gasteiger partial charge on any atom is -0.389 e. The molecule has 0 saturated heterocycles. The van der Waals surface area contributed by atoms with Gasteiger partial charge in [-0.25, -0.2) is 9.97 Å². The van der Waals surface area contributed by atoms with Crippen molar-refractivity contribution in [3.8, 4) is 0 Å². The predicted molar refractivity (Wildman–Crippen MR) is 76.7 cm³/mol. The minimum atomic E-state index is 0.294. The molecule has 92 valence electrons. The largest absolute Gasteiger partial charge is 0.389 e. The monoisotopic (exact) mass is 278 g/mol. The van der Waals surface area contributed by atoms with Crippen LogP contribution in [-0.2, 0) is 6.54 Å². The van der Waals surface area contributed by atoms with E-state index in [-0.39, 0.29) is 0 Å². The molecule has 0 aliphatic heterocycles. The van der Waals surface area contributed by atoms with E-state index in [0.717, 1.165) is 11.4 Å². The fourth-order valence-corrected chi connectivity index (χ4v) is 1.96. The lowest BCUT2D eigenvalue weighted by molar-refractivity contribution is 1.01. The van der Waals surface area contributed by atoms with Gasteiger partial charge in [0, 0.05) is 17.4 Å². The first-order valence-corrected chi connectivity index (χ1v) is 6.03. The van der Waals surface area contributed by atoms with Crippen molar-refractivity contribution in [1.82, 2.24) is 9.97 Å². The zero-order valence-corrected chi connectivity index (χ0v) is 11.0. The highest BCUT2D eigenvalue weighted by Gasteiger charge is 2.04. The predicted octanol–water partition coefficient (Wildman–Crippen LogP) is 2.38. The molecule has 0 fully saturated rings. The van der Waals surface area contributed by atoms with Gasteiger partial charge < -0.3 is 11.1 Å². The summed E-state index contributed by atoms with van der Waals surface area (Å²) in [7, 11) is 0. The van der Waals surface area contributed by atoms with Gasteiger partial charge in [0.2, 0.25) is 0 Å². The summed E-state index contributed by atoms with van der Waals surface area (Å²) in [5.41, 5.74) is 8.01. The second kappa shape index (κ2) is 5.75. The average molecular weight is 279 g/mol. The van der Waals surface area contributed by atoms with Crippen molar-refractivity contribution in [3.05, 3.63) is 53.1 Å². The van der Waals surface area contributed by atoms with Gasteiger partial charge in [-0.05, 0) is 24.3 Å². The Kier molecular flexibility index (Phi) is 4.07.